The molecule has 20 heavy (non-hydrogen) atoms. The molecule has 0 aliphatic carbocycles. The van der Waals surface area contributed by atoms with Gasteiger partial charge in [-0.15, -0.1) is 0 Å². The van der Waals surface area contributed by atoms with Crippen LogP contribution in [0.25, 0.3) is 0 Å². The number of thioether (sulfide) groups is 1. The molecule has 0 heterocycles. The van der Waals surface area contributed by atoms with Crippen molar-refractivity contribution in [1.82, 2.24) is 5.32 Å². The van der Waals surface area contributed by atoms with Gasteiger partial charge in [-0.2, -0.15) is 11.8 Å². The molecule has 0 radical (unpaired) electrons. The minimum absolute atomic E-state index is 0.0129. The van der Waals surface area contributed by atoms with E-state index in [-0.39, 0.29) is 18.7 Å². The van der Waals surface area contributed by atoms with E-state index in [1.165, 1.54) is 5.56 Å². The molecule has 0 saturated heterocycles. The zero-order valence-corrected chi connectivity index (χ0v) is 13.4. The van der Waals surface area contributed by atoms with Crippen molar-refractivity contribution in [2.75, 3.05) is 23.9 Å². The quantitative estimate of drug-likeness (QED) is 0.756. The number of aryl methyl sites for hydroxylation is 3. The number of rotatable bonds is 6. The Morgan fingerprint density at radius 2 is 1.90 bits per heavy atom. The summed E-state index contributed by atoms with van der Waals surface area (Å²) in [6.07, 6.45) is 2.55. The fourth-order valence-electron chi connectivity index (χ4n) is 2.27. The fourth-order valence-corrected chi connectivity index (χ4v) is 2.92. The average molecular weight is 296 g/mol. The van der Waals surface area contributed by atoms with Crippen molar-refractivity contribution < 1.29 is 9.90 Å². The Balaban J connectivity index is 2.70. The number of hydrogen-bond acceptors (Lipinski definition) is 3. The summed E-state index contributed by atoms with van der Waals surface area (Å²) in [6.45, 7) is 6.10. The van der Waals surface area contributed by atoms with E-state index in [0.29, 0.717) is 6.42 Å². The molecule has 112 valence electrons. The summed E-state index contributed by atoms with van der Waals surface area (Å²) < 4.78 is 0. The van der Waals surface area contributed by atoms with Crippen molar-refractivity contribution in [1.29, 1.82) is 0 Å². The molecule has 1 rings (SSSR count). The van der Waals surface area contributed by atoms with E-state index in [1.807, 2.05) is 27.0 Å². The molecule has 2 amide bonds. The zero-order valence-electron chi connectivity index (χ0n) is 12.6. The second-order valence-corrected chi connectivity index (χ2v) is 5.95. The first-order valence-electron chi connectivity index (χ1n) is 6.73. The summed E-state index contributed by atoms with van der Waals surface area (Å²) in [5.74, 6) is 0.792. The predicted octanol–water partition coefficient (Wildman–Crippen LogP) is 2.85. The molecule has 3 N–H and O–H groups in total. The number of carbonyl (C=O) groups is 1. The normalized spacial score (nSPS) is 12.1. The van der Waals surface area contributed by atoms with Gasteiger partial charge in [0.15, 0.2) is 0 Å². The van der Waals surface area contributed by atoms with Crippen molar-refractivity contribution >= 4 is 23.5 Å². The molecule has 1 aromatic carbocycles. The van der Waals surface area contributed by atoms with Crippen LogP contribution in [0.5, 0.6) is 0 Å². The summed E-state index contributed by atoms with van der Waals surface area (Å²) >= 11 is 1.65. The lowest BCUT2D eigenvalue weighted by Gasteiger charge is -2.19. The van der Waals surface area contributed by atoms with E-state index in [1.54, 1.807) is 11.8 Å². The van der Waals surface area contributed by atoms with Gasteiger partial charge in [0.05, 0.1) is 0 Å². The van der Waals surface area contributed by atoms with Crippen molar-refractivity contribution in [3.05, 3.63) is 28.8 Å². The molecule has 1 aromatic rings. The highest BCUT2D eigenvalue weighted by Crippen LogP contribution is 2.21. The van der Waals surface area contributed by atoms with Gasteiger partial charge < -0.3 is 15.7 Å². The van der Waals surface area contributed by atoms with E-state index >= 15 is 0 Å². The Labute approximate surface area is 125 Å². The zero-order chi connectivity index (χ0) is 15.1. The number of nitrogens with one attached hydrogen (secondary N) is 2. The first-order chi connectivity index (χ1) is 9.47. The summed E-state index contributed by atoms with van der Waals surface area (Å²) in [7, 11) is 0. The van der Waals surface area contributed by atoms with Gasteiger partial charge in [-0.3, -0.25) is 0 Å². The molecular weight excluding hydrogens is 272 g/mol. The van der Waals surface area contributed by atoms with Gasteiger partial charge in [-0.25, -0.2) is 4.79 Å². The smallest absolute Gasteiger partial charge is 0.319 e. The fraction of sp³-hybridized carbons (Fsp3) is 0.533. The lowest BCUT2D eigenvalue weighted by molar-refractivity contribution is 0.241. The standard InChI is InChI=1S/C15H24N2O2S/c1-10-7-11(2)14(12(3)8-10)17-15(19)16-13(5-6-18)9-20-4/h7-8,13,18H,5-6,9H2,1-4H3,(H2,16,17,19)/t13-/m1/s1. The first kappa shape index (κ1) is 16.9. The molecule has 0 aromatic heterocycles. The monoisotopic (exact) mass is 296 g/mol. The highest BCUT2D eigenvalue weighted by atomic mass is 32.2. The molecule has 5 heteroatoms. The summed E-state index contributed by atoms with van der Waals surface area (Å²) in [6, 6.07) is 3.87. The Morgan fingerprint density at radius 3 is 2.40 bits per heavy atom. The summed E-state index contributed by atoms with van der Waals surface area (Å²) in [5.41, 5.74) is 4.16. The molecule has 0 aliphatic heterocycles. The second-order valence-electron chi connectivity index (χ2n) is 5.04. The predicted molar refractivity (Wildman–Crippen MR) is 86.7 cm³/mol. The maximum atomic E-state index is 12.0. The molecule has 1 atom stereocenters. The van der Waals surface area contributed by atoms with Crippen molar-refractivity contribution in [3.8, 4) is 0 Å². The van der Waals surface area contributed by atoms with E-state index in [2.05, 4.69) is 22.8 Å². The van der Waals surface area contributed by atoms with Crippen LogP contribution in [-0.2, 0) is 0 Å². The van der Waals surface area contributed by atoms with Crippen LogP contribution in [0.4, 0.5) is 10.5 Å². The molecule has 0 unspecified atom stereocenters. The van der Waals surface area contributed by atoms with Crippen LogP contribution in [0.1, 0.15) is 23.1 Å². The van der Waals surface area contributed by atoms with Crippen LogP contribution < -0.4 is 10.6 Å². The molecule has 0 fully saturated rings. The number of urea groups is 1. The van der Waals surface area contributed by atoms with Gasteiger partial charge in [0.1, 0.15) is 0 Å². The Kier molecular flexibility index (Phi) is 6.88. The number of amides is 2. The van der Waals surface area contributed by atoms with Crippen LogP contribution in [-0.4, -0.2) is 35.8 Å². The number of anilines is 1. The molecule has 0 saturated carbocycles. The number of aliphatic hydroxyl groups excluding tert-OH is 1. The first-order valence-corrected chi connectivity index (χ1v) is 8.12. The molecule has 4 nitrogen and oxygen atoms in total. The Morgan fingerprint density at radius 1 is 1.30 bits per heavy atom. The van der Waals surface area contributed by atoms with E-state index in [4.69, 9.17) is 5.11 Å². The van der Waals surface area contributed by atoms with Gasteiger partial charge in [-0.05, 0) is 44.6 Å². The lowest BCUT2D eigenvalue weighted by atomic mass is 10.1. The van der Waals surface area contributed by atoms with Crippen LogP contribution in [0.2, 0.25) is 0 Å². The molecule has 0 spiro atoms. The van der Waals surface area contributed by atoms with Crippen molar-refractivity contribution in [3.63, 3.8) is 0 Å². The van der Waals surface area contributed by atoms with Crippen LogP contribution in [0.3, 0.4) is 0 Å². The Bertz CT molecular complexity index is 434. The molecule has 0 bridgehead atoms. The molecule has 0 aliphatic rings. The third kappa shape index (κ3) is 5.06. The SMILES string of the molecule is CSC[C@@H](CCO)NC(=O)Nc1c(C)cc(C)cc1C. The number of benzene rings is 1. The van der Waals surface area contributed by atoms with Crippen LogP contribution in [0.15, 0.2) is 12.1 Å². The van der Waals surface area contributed by atoms with Crippen LogP contribution >= 0.6 is 11.8 Å². The lowest BCUT2D eigenvalue weighted by Crippen LogP contribution is -2.40. The second kappa shape index (κ2) is 8.17. The van der Waals surface area contributed by atoms with Gasteiger partial charge >= 0.3 is 6.03 Å². The summed E-state index contributed by atoms with van der Waals surface area (Å²) in [4.78, 5) is 12.0. The average Bonchev–Trinajstić information content (AvgIpc) is 2.34. The van der Waals surface area contributed by atoms with Crippen molar-refractivity contribution in [2.45, 2.75) is 33.2 Å². The number of carbonyl (C=O) groups excluding carboxylic acids is 1. The summed E-state index contributed by atoms with van der Waals surface area (Å²) in [5, 5.41) is 14.8. The minimum Gasteiger partial charge on any atom is -0.396 e. The van der Waals surface area contributed by atoms with Gasteiger partial charge in [0.25, 0.3) is 0 Å². The third-order valence-electron chi connectivity index (χ3n) is 3.10. The van der Waals surface area contributed by atoms with E-state index in [9.17, 15) is 4.79 Å². The maximum Gasteiger partial charge on any atom is 0.319 e. The highest BCUT2D eigenvalue weighted by Gasteiger charge is 2.13. The maximum absolute atomic E-state index is 12.0. The van der Waals surface area contributed by atoms with E-state index < -0.39 is 0 Å². The van der Waals surface area contributed by atoms with Gasteiger partial charge in [-0.1, -0.05) is 17.7 Å². The van der Waals surface area contributed by atoms with Gasteiger partial charge in [0, 0.05) is 24.1 Å². The van der Waals surface area contributed by atoms with E-state index in [0.717, 1.165) is 22.6 Å². The number of aliphatic hydroxyl groups is 1. The van der Waals surface area contributed by atoms with Crippen molar-refractivity contribution in [2.24, 2.45) is 0 Å². The number of hydrogen-bond donors (Lipinski definition) is 3. The van der Waals surface area contributed by atoms with Gasteiger partial charge in [0.2, 0.25) is 0 Å². The largest absolute Gasteiger partial charge is 0.396 e. The molecular formula is C15H24N2O2S. The topological polar surface area (TPSA) is 61.4 Å². The third-order valence-corrected chi connectivity index (χ3v) is 3.83. The van der Waals surface area contributed by atoms with Crippen LogP contribution in [0, 0.1) is 20.8 Å². The minimum atomic E-state index is -0.215. The highest BCUT2D eigenvalue weighted by molar-refractivity contribution is 7.98. The Hall–Kier alpha value is -1.20.